The van der Waals surface area contributed by atoms with Crippen LogP contribution in [0.5, 0.6) is 0 Å². The predicted molar refractivity (Wildman–Crippen MR) is 78.3 cm³/mol. The second-order valence-corrected chi connectivity index (χ2v) is 5.81. The van der Waals surface area contributed by atoms with E-state index < -0.39 is 11.7 Å². The molecule has 1 N–H and O–H groups in total. The summed E-state index contributed by atoms with van der Waals surface area (Å²) < 4.78 is 37.7. The van der Waals surface area contributed by atoms with Crippen LogP contribution in [0.3, 0.4) is 0 Å². The number of benzene rings is 1. The number of halogens is 3. The highest BCUT2D eigenvalue weighted by atomic mass is 19.4. The van der Waals surface area contributed by atoms with Crippen LogP contribution in [0.25, 0.3) is 0 Å². The number of carbonyl (C=O) groups excluding carboxylic acids is 1. The van der Waals surface area contributed by atoms with Crippen molar-refractivity contribution in [2.45, 2.75) is 44.9 Å². The van der Waals surface area contributed by atoms with E-state index in [1.165, 1.54) is 6.92 Å². The van der Waals surface area contributed by atoms with Gasteiger partial charge in [-0.1, -0.05) is 12.1 Å². The molecule has 6 heteroatoms. The first-order valence-electron chi connectivity index (χ1n) is 7.45. The minimum absolute atomic E-state index is 0.0192. The van der Waals surface area contributed by atoms with E-state index in [9.17, 15) is 18.0 Å². The van der Waals surface area contributed by atoms with Gasteiger partial charge in [0.1, 0.15) is 0 Å². The van der Waals surface area contributed by atoms with Gasteiger partial charge in [0.05, 0.1) is 5.56 Å². The molecule has 1 saturated heterocycles. The summed E-state index contributed by atoms with van der Waals surface area (Å²) in [5.74, 6) is -0.0192. The van der Waals surface area contributed by atoms with Crippen LogP contribution in [-0.2, 0) is 11.0 Å². The summed E-state index contributed by atoms with van der Waals surface area (Å²) in [5, 5.41) is 2.91. The topological polar surface area (TPSA) is 32.3 Å². The standard InChI is InChI=1S/C16H21F3N2O/c1-11(13-3-5-14(6-4-13)16(17,18)19)21-9-7-15(8-10-21)20-12(2)22/h3-6,11,15H,7-10H2,1-2H3,(H,20,22)/t11-/m1/s1. The minimum atomic E-state index is -4.29. The van der Waals surface area contributed by atoms with E-state index >= 15 is 0 Å². The first kappa shape index (κ1) is 16.8. The second-order valence-electron chi connectivity index (χ2n) is 5.81. The third kappa shape index (κ3) is 4.22. The molecule has 1 fully saturated rings. The van der Waals surface area contributed by atoms with Crippen LogP contribution < -0.4 is 5.32 Å². The molecule has 3 nitrogen and oxygen atoms in total. The Morgan fingerprint density at radius 3 is 2.23 bits per heavy atom. The van der Waals surface area contributed by atoms with Crippen molar-refractivity contribution in [3.05, 3.63) is 35.4 Å². The molecule has 0 saturated carbocycles. The summed E-state index contributed by atoms with van der Waals surface area (Å²) in [6.45, 7) is 5.17. The van der Waals surface area contributed by atoms with Crippen LogP contribution in [0.2, 0.25) is 0 Å². The molecule has 122 valence electrons. The number of amides is 1. The van der Waals surface area contributed by atoms with Crippen molar-refractivity contribution in [3.63, 3.8) is 0 Å². The van der Waals surface area contributed by atoms with Crippen LogP contribution in [0.15, 0.2) is 24.3 Å². The molecular weight excluding hydrogens is 293 g/mol. The fourth-order valence-electron chi connectivity index (χ4n) is 2.88. The number of nitrogens with one attached hydrogen (secondary N) is 1. The number of carbonyl (C=O) groups is 1. The largest absolute Gasteiger partial charge is 0.416 e. The molecule has 0 bridgehead atoms. The summed E-state index contributed by atoms with van der Waals surface area (Å²) >= 11 is 0. The van der Waals surface area contributed by atoms with Crippen molar-refractivity contribution in [1.29, 1.82) is 0 Å². The van der Waals surface area contributed by atoms with E-state index in [0.717, 1.165) is 43.6 Å². The number of hydrogen-bond donors (Lipinski definition) is 1. The lowest BCUT2D eigenvalue weighted by molar-refractivity contribution is -0.137. The molecule has 1 aromatic rings. The van der Waals surface area contributed by atoms with E-state index in [4.69, 9.17) is 0 Å². The number of nitrogens with zero attached hydrogens (tertiary/aromatic N) is 1. The maximum absolute atomic E-state index is 12.6. The Bertz CT molecular complexity index is 505. The lowest BCUT2D eigenvalue weighted by Gasteiger charge is -2.36. The van der Waals surface area contributed by atoms with Gasteiger partial charge >= 0.3 is 6.18 Å². The first-order chi connectivity index (χ1) is 10.3. The number of hydrogen-bond acceptors (Lipinski definition) is 2. The third-order valence-corrected chi connectivity index (χ3v) is 4.21. The SMILES string of the molecule is CC(=O)NC1CCN([C@H](C)c2ccc(C(F)(F)F)cc2)CC1. The van der Waals surface area contributed by atoms with Crippen molar-refractivity contribution in [2.75, 3.05) is 13.1 Å². The Balaban J connectivity index is 1.95. The van der Waals surface area contributed by atoms with E-state index in [2.05, 4.69) is 10.2 Å². The Morgan fingerprint density at radius 1 is 1.23 bits per heavy atom. The van der Waals surface area contributed by atoms with Gasteiger partial charge in [-0.3, -0.25) is 9.69 Å². The highest BCUT2D eigenvalue weighted by molar-refractivity contribution is 5.73. The summed E-state index contributed by atoms with van der Waals surface area (Å²) in [6, 6.07) is 5.64. The molecule has 1 aliphatic rings. The molecule has 1 heterocycles. The first-order valence-corrected chi connectivity index (χ1v) is 7.45. The van der Waals surface area contributed by atoms with E-state index in [1.807, 2.05) is 6.92 Å². The van der Waals surface area contributed by atoms with Gasteiger partial charge in [-0.2, -0.15) is 13.2 Å². The average Bonchev–Trinajstić information content (AvgIpc) is 2.46. The van der Waals surface area contributed by atoms with Gasteiger partial charge in [-0.05, 0) is 37.5 Å². The molecular formula is C16H21F3N2O. The van der Waals surface area contributed by atoms with Crippen molar-refractivity contribution < 1.29 is 18.0 Å². The molecule has 1 amide bonds. The smallest absolute Gasteiger partial charge is 0.354 e. The molecule has 0 aromatic heterocycles. The Morgan fingerprint density at radius 2 is 1.77 bits per heavy atom. The molecule has 22 heavy (non-hydrogen) atoms. The summed E-state index contributed by atoms with van der Waals surface area (Å²) in [5.41, 5.74) is 0.263. The molecule has 1 aliphatic heterocycles. The van der Waals surface area contributed by atoms with E-state index in [-0.39, 0.29) is 18.0 Å². The van der Waals surface area contributed by atoms with E-state index in [0.29, 0.717) is 0 Å². The van der Waals surface area contributed by atoms with Crippen LogP contribution in [-0.4, -0.2) is 29.9 Å². The van der Waals surface area contributed by atoms with Gasteiger partial charge < -0.3 is 5.32 Å². The highest BCUT2D eigenvalue weighted by Gasteiger charge is 2.30. The minimum Gasteiger partial charge on any atom is -0.354 e. The molecule has 1 aromatic carbocycles. The molecule has 0 unspecified atom stereocenters. The van der Waals surface area contributed by atoms with Crippen LogP contribution in [0.4, 0.5) is 13.2 Å². The zero-order chi connectivity index (χ0) is 16.3. The van der Waals surface area contributed by atoms with Crippen LogP contribution >= 0.6 is 0 Å². The van der Waals surface area contributed by atoms with E-state index in [1.54, 1.807) is 12.1 Å². The quantitative estimate of drug-likeness (QED) is 0.928. The lowest BCUT2D eigenvalue weighted by Crippen LogP contribution is -2.44. The molecule has 1 atom stereocenters. The maximum atomic E-state index is 12.6. The van der Waals surface area contributed by atoms with Crippen molar-refractivity contribution in [2.24, 2.45) is 0 Å². The van der Waals surface area contributed by atoms with Gasteiger partial charge in [0.2, 0.25) is 5.91 Å². The maximum Gasteiger partial charge on any atom is 0.416 e. The molecule has 0 radical (unpaired) electrons. The van der Waals surface area contributed by atoms with Crippen LogP contribution in [0.1, 0.15) is 43.9 Å². The summed E-state index contributed by atoms with van der Waals surface area (Å²) in [6.07, 6.45) is -2.56. The summed E-state index contributed by atoms with van der Waals surface area (Å²) in [7, 11) is 0. The monoisotopic (exact) mass is 314 g/mol. The van der Waals surface area contributed by atoms with Crippen molar-refractivity contribution in [1.82, 2.24) is 10.2 Å². The van der Waals surface area contributed by atoms with Crippen molar-refractivity contribution >= 4 is 5.91 Å². The Kier molecular flexibility index (Phi) is 5.11. The fourth-order valence-corrected chi connectivity index (χ4v) is 2.88. The number of rotatable bonds is 3. The predicted octanol–water partition coefficient (Wildman–Crippen LogP) is 3.37. The van der Waals surface area contributed by atoms with Gasteiger partial charge in [0, 0.05) is 32.1 Å². The number of piperidine rings is 1. The fraction of sp³-hybridized carbons (Fsp3) is 0.562. The zero-order valence-corrected chi connectivity index (χ0v) is 12.8. The molecule has 0 aliphatic carbocycles. The van der Waals surface area contributed by atoms with Crippen molar-refractivity contribution in [3.8, 4) is 0 Å². The van der Waals surface area contributed by atoms with Gasteiger partial charge in [0.25, 0.3) is 0 Å². The normalized spacial score (nSPS) is 19.0. The van der Waals surface area contributed by atoms with Crippen LogP contribution in [0, 0.1) is 0 Å². The summed E-state index contributed by atoms with van der Waals surface area (Å²) in [4.78, 5) is 13.3. The average molecular weight is 314 g/mol. The van der Waals surface area contributed by atoms with Gasteiger partial charge in [-0.25, -0.2) is 0 Å². The Hall–Kier alpha value is -1.56. The molecule has 0 spiro atoms. The Labute approximate surface area is 128 Å². The van der Waals surface area contributed by atoms with Gasteiger partial charge in [0.15, 0.2) is 0 Å². The number of alkyl halides is 3. The highest BCUT2D eigenvalue weighted by Crippen LogP contribution is 2.31. The second kappa shape index (κ2) is 6.69. The van der Waals surface area contributed by atoms with Gasteiger partial charge in [-0.15, -0.1) is 0 Å². The third-order valence-electron chi connectivity index (χ3n) is 4.21. The zero-order valence-electron chi connectivity index (χ0n) is 12.8. The molecule has 2 rings (SSSR count). The lowest BCUT2D eigenvalue weighted by atomic mass is 9.99. The number of likely N-dealkylation sites (tertiary alicyclic amines) is 1.